The van der Waals surface area contributed by atoms with Crippen LogP contribution in [0, 0.1) is 6.92 Å². The second-order valence-corrected chi connectivity index (χ2v) is 6.87. The van der Waals surface area contributed by atoms with Gasteiger partial charge in [0, 0.05) is 35.1 Å². The predicted octanol–water partition coefficient (Wildman–Crippen LogP) is 4.21. The van der Waals surface area contributed by atoms with E-state index in [1.165, 1.54) is 0 Å². The number of anilines is 3. The SMILES string of the molecule is Cc1c(Cl)cccc1NC(=O)[C@H](C)Nc1cccc(N2CCCC2=O)c1. The lowest BCUT2D eigenvalue weighted by atomic mass is 10.2. The van der Waals surface area contributed by atoms with Crippen LogP contribution in [0.3, 0.4) is 0 Å². The summed E-state index contributed by atoms with van der Waals surface area (Å²) in [7, 11) is 0. The molecule has 1 atom stereocenters. The van der Waals surface area contributed by atoms with Crippen LogP contribution in [0.25, 0.3) is 0 Å². The number of carbonyl (C=O) groups is 2. The molecule has 0 aliphatic carbocycles. The first-order valence-electron chi connectivity index (χ1n) is 8.68. The van der Waals surface area contributed by atoms with Crippen LogP contribution in [0.2, 0.25) is 5.02 Å². The molecule has 1 saturated heterocycles. The van der Waals surface area contributed by atoms with Gasteiger partial charge in [-0.15, -0.1) is 0 Å². The van der Waals surface area contributed by atoms with Gasteiger partial charge in [-0.2, -0.15) is 0 Å². The number of nitrogens with zero attached hydrogens (tertiary/aromatic N) is 1. The number of carbonyl (C=O) groups excluding carboxylic acids is 2. The summed E-state index contributed by atoms with van der Waals surface area (Å²) in [5.74, 6) is -0.0117. The van der Waals surface area contributed by atoms with E-state index >= 15 is 0 Å². The number of benzene rings is 2. The minimum absolute atomic E-state index is 0.143. The first-order chi connectivity index (χ1) is 12.5. The van der Waals surface area contributed by atoms with Gasteiger partial charge in [-0.05, 0) is 56.2 Å². The Morgan fingerprint density at radius 3 is 2.73 bits per heavy atom. The molecule has 0 spiro atoms. The van der Waals surface area contributed by atoms with Crippen molar-refractivity contribution in [1.82, 2.24) is 0 Å². The average molecular weight is 372 g/mol. The average Bonchev–Trinajstić information content (AvgIpc) is 3.05. The zero-order valence-corrected chi connectivity index (χ0v) is 15.6. The molecule has 1 fully saturated rings. The summed E-state index contributed by atoms with van der Waals surface area (Å²) in [4.78, 5) is 26.2. The van der Waals surface area contributed by atoms with E-state index in [9.17, 15) is 9.59 Å². The van der Waals surface area contributed by atoms with Gasteiger partial charge in [-0.25, -0.2) is 0 Å². The van der Waals surface area contributed by atoms with Crippen molar-refractivity contribution in [1.29, 1.82) is 0 Å². The Labute approximate surface area is 158 Å². The maximum absolute atomic E-state index is 12.5. The molecule has 2 N–H and O–H groups in total. The van der Waals surface area contributed by atoms with Crippen molar-refractivity contribution in [2.75, 3.05) is 22.1 Å². The molecule has 26 heavy (non-hydrogen) atoms. The molecule has 136 valence electrons. The lowest BCUT2D eigenvalue weighted by Crippen LogP contribution is -2.32. The normalized spacial score (nSPS) is 15.0. The zero-order chi connectivity index (χ0) is 18.7. The maximum Gasteiger partial charge on any atom is 0.246 e. The third-order valence-electron chi connectivity index (χ3n) is 4.53. The molecule has 0 radical (unpaired) electrons. The van der Waals surface area contributed by atoms with E-state index in [2.05, 4.69) is 10.6 Å². The van der Waals surface area contributed by atoms with Crippen molar-refractivity contribution >= 4 is 40.5 Å². The van der Waals surface area contributed by atoms with Gasteiger partial charge >= 0.3 is 0 Å². The molecule has 0 bridgehead atoms. The Kier molecular flexibility index (Phi) is 5.47. The van der Waals surface area contributed by atoms with E-state index in [1.807, 2.05) is 37.3 Å². The molecular formula is C20H22ClN3O2. The number of halogens is 1. The summed E-state index contributed by atoms with van der Waals surface area (Å²) in [6.45, 7) is 4.40. The van der Waals surface area contributed by atoms with Crippen LogP contribution < -0.4 is 15.5 Å². The number of rotatable bonds is 5. The van der Waals surface area contributed by atoms with Crippen molar-refractivity contribution in [2.45, 2.75) is 32.7 Å². The number of nitrogens with one attached hydrogen (secondary N) is 2. The summed E-state index contributed by atoms with van der Waals surface area (Å²) in [5.41, 5.74) is 3.19. The zero-order valence-electron chi connectivity index (χ0n) is 14.9. The summed E-state index contributed by atoms with van der Waals surface area (Å²) in [5, 5.41) is 6.71. The fraction of sp³-hybridized carbons (Fsp3) is 0.300. The smallest absolute Gasteiger partial charge is 0.246 e. The van der Waals surface area contributed by atoms with Gasteiger partial charge in [-0.3, -0.25) is 9.59 Å². The Balaban J connectivity index is 1.67. The Hall–Kier alpha value is -2.53. The molecule has 2 amide bonds. The molecule has 3 rings (SSSR count). The van der Waals surface area contributed by atoms with Gasteiger partial charge < -0.3 is 15.5 Å². The Morgan fingerprint density at radius 1 is 1.23 bits per heavy atom. The first-order valence-corrected chi connectivity index (χ1v) is 9.06. The summed E-state index contributed by atoms with van der Waals surface area (Å²) >= 11 is 6.10. The van der Waals surface area contributed by atoms with Crippen LogP contribution in [-0.4, -0.2) is 24.4 Å². The van der Waals surface area contributed by atoms with Crippen molar-refractivity contribution in [3.63, 3.8) is 0 Å². The van der Waals surface area contributed by atoms with Crippen molar-refractivity contribution in [3.05, 3.63) is 53.1 Å². The number of hydrogen-bond acceptors (Lipinski definition) is 3. The fourth-order valence-corrected chi connectivity index (χ4v) is 3.16. The molecule has 1 aliphatic rings. The lowest BCUT2D eigenvalue weighted by molar-refractivity contribution is -0.117. The Morgan fingerprint density at radius 2 is 2.00 bits per heavy atom. The predicted molar refractivity (Wildman–Crippen MR) is 106 cm³/mol. The van der Waals surface area contributed by atoms with Crippen LogP contribution in [0.4, 0.5) is 17.1 Å². The minimum atomic E-state index is -0.446. The van der Waals surface area contributed by atoms with Crippen molar-refractivity contribution in [3.8, 4) is 0 Å². The molecule has 0 saturated carbocycles. The van der Waals surface area contributed by atoms with Crippen LogP contribution >= 0.6 is 11.6 Å². The first kappa shape index (κ1) is 18.3. The molecule has 2 aromatic rings. The molecule has 0 aromatic heterocycles. The molecule has 6 heteroatoms. The highest BCUT2D eigenvalue weighted by Crippen LogP contribution is 2.25. The van der Waals surface area contributed by atoms with E-state index in [1.54, 1.807) is 24.0 Å². The standard InChI is InChI=1S/C20H22ClN3O2/c1-13-17(21)8-4-9-18(13)23-20(26)14(2)22-15-6-3-7-16(12-15)24-11-5-10-19(24)25/h3-4,6-9,12,14,22H,5,10-11H2,1-2H3,(H,23,26)/t14-/m0/s1. The minimum Gasteiger partial charge on any atom is -0.374 e. The molecule has 2 aromatic carbocycles. The lowest BCUT2D eigenvalue weighted by Gasteiger charge is -2.19. The van der Waals surface area contributed by atoms with Crippen LogP contribution in [0.5, 0.6) is 0 Å². The number of amides is 2. The molecule has 0 unspecified atom stereocenters. The van der Waals surface area contributed by atoms with Gasteiger partial charge in [0.25, 0.3) is 0 Å². The number of hydrogen-bond donors (Lipinski definition) is 2. The third-order valence-corrected chi connectivity index (χ3v) is 4.94. The van der Waals surface area contributed by atoms with Gasteiger partial charge in [-0.1, -0.05) is 23.7 Å². The maximum atomic E-state index is 12.5. The molecular weight excluding hydrogens is 350 g/mol. The van der Waals surface area contributed by atoms with Gasteiger partial charge in [0.05, 0.1) is 0 Å². The van der Waals surface area contributed by atoms with Crippen LogP contribution in [-0.2, 0) is 9.59 Å². The fourth-order valence-electron chi connectivity index (χ4n) is 2.98. The molecule has 1 heterocycles. The topological polar surface area (TPSA) is 61.4 Å². The highest BCUT2D eigenvalue weighted by atomic mass is 35.5. The molecule has 1 aliphatic heterocycles. The van der Waals surface area contributed by atoms with Gasteiger partial charge in [0.15, 0.2) is 0 Å². The third kappa shape index (κ3) is 3.99. The van der Waals surface area contributed by atoms with Crippen LogP contribution in [0.15, 0.2) is 42.5 Å². The second kappa shape index (κ2) is 7.79. The second-order valence-electron chi connectivity index (χ2n) is 6.47. The largest absolute Gasteiger partial charge is 0.374 e. The monoisotopic (exact) mass is 371 g/mol. The van der Waals surface area contributed by atoms with Gasteiger partial charge in [0.2, 0.25) is 11.8 Å². The Bertz CT molecular complexity index is 838. The molecule has 5 nitrogen and oxygen atoms in total. The van der Waals surface area contributed by atoms with Crippen molar-refractivity contribution in [2.24, 2.45) is 0 Å². The van der Waals surface area contributed by atoms with E-state index in [-0.39, 0.29) is 11.8 Å². The van der Waals surface area contributed by atoms with E-state index in [0.29, 0.717) is 17.1 Å². The van der Waals surface area contributed by atoms with E-state index < -0.39 is 6.04 Å². The van der Waals surface area contributed by atoms with E-state index in [4.69, 9.17) is 11.6 Å². The van der Waals surface area contributed by atoms with Crippen molar-refractivity contribution < 1.29 is 9.59 Å². The summed E-state index contributed by atoms with van der Waals surface area (Å²) < 4.78 is 0. The van der Waals surface area contributed by atoms with Crippen LogP contribution in [0.1, 0.15) is 25.3 Å². The quantitative estimate of drug-likeness (QED) is 0.827. The summed E-state index contributed by atoms with van der Waals surface area (Å²) in [6, 6.07) is 12.6. The van der Waals surface area contributed by atoms with E-state index in [0.717, 1.165) is 29.9 Å². The summed E-state index contributed by atoms with van der Waals surface area (Å²) in [6.07, 6.45) is 1.48. The highest BCUT2D eigenvalue weighted by molar-refractivity contribution is 6.31. The van der Waals surface area contributed by atoms with Gasteiger partial charge in [0.1, 0.15) is 6.04 Å². The highest BCUT2D eigenvalue weighted by Gasteiger charge is 2.22.